The Kier molecular flexibility index (Phi) is 3.78. The first-order chi connectivity index (χ1) is 10.7. The Bertz CT molecular complexity index is 809. The van der Waals surface area contributed by atoms with Crippen molar-refractivity contribution in [3.63, 3.8) is 0 Å². The first kappa shape index (κ1) is 14.1. The van der Waals surface area contributed by atoms with E-state index in [4.69, 9.17) is 4.74 Å². The lowest BCUT2D eigenvalue weighted by Crippen LogP contribution is -2.15. The second-order valence-corrected chi connectivity index (χ2v) is 4.87. The molecule has 0 atom stereocenters. The molecule has 112 valence electrons. The van der Waals surface area contributed by atoms with Crippen molar-refractivity contribution in [1.29, 1.82) is 0 Å². The molecule has 0 saturated carbocycles. The summed E-state index contributed by atoms with van der Waals surface area (Å²) in [5, 5.41) is 2.89. The summed E-state index contributed by atoms with van der Waals surface area (Å²) in [7, 11) is 0. The van der Waals surface area contributed by atoms with Gasteiger partial charge in [0.05, 0.1) is 12.3 Å². The zero-order chi connectivity index (χ0) is 15.5. The molecule has 3 rings (SSSR count). The number of benzene rings is 1. The highest BCUT2D eigenvalue weighted by molar-refractivity contribution is 6.04. The molecule has 1 N–H and O–H groups in total. The minimum Gasteiger partial charge on any atom is -0.490 e. The van der Waals surface area contributed by atoms with Gasteiger partial charge in [-0.3, -0.25) is 9.20 Å². The van der Waals surface area contributed by atoms with Crippen molar-refractivity contribution in [3.05, 3.63) is 60.0 Å². The molecule has 0 aliphatic heterocycles. The van der Waals surface area contributed by atoms with Crippen LogP contribution in [-0.4, -0.2) is 21.9 Å². The number of ether oxygens (including phenoxy) is 1. The number of rotatable bonds is 4. The molecule has 0 spiro atoms. The van der Waals surface area contributed by atoms with Crippen molar-refractivity contribution in [1.82, 2.24) is 9.38 Å². The molecule has 5 heteroatoms. The van der Waals surface area contributed by atoms with E-state index in [1.807, 2.05) is 62.5 Å². The third-order valence-electron chi connectivity index (χ3n) is 3.34. The van der Waals surface area contributed by atoms with Crippen LogP contribution in [0.5, 0.6) is 5.75 Å². The quantitative estimate of drug-likeness (QED) is 0.803. The summed E-state index contributed by atoms with van der Waals surface area (Å²) in [6.07, 6.45) is 1.82. The molecule has 0 aliphatic rings. The molecule has 0 bridgehead atoms. The number of para-hydroxylation sites is 1. The third-order valence-corrected chi connectivity index (χ3v) is 3.34. The lowest BCUT2D eigenvalue weighted by molar-refractivity contribution is 0.102. The van der Waals surface area contributed by atoms with E-state index in [0.29, 0.717) is 29.4 Å². The predicted molar refractivity (Wildman–Crippen MR) is 85.5 cm³/mol. The number of hydrogen-bond acceptors (Lipinski definition) is 3. The molecule has 1 amide bonds. The first-order valence-corrected chi connectivity index (χ1v) is 7.17. The molecule has 0 aliphatic carbocycles. The van der Waals surface area contributed by atoms with E-state index >= 15 is 0 Å². The molecule has 3 aromatic rings. The average molecular weight is 295 g/mol. The Morgan fingerprint density at radius 2 is 2.00 bits per heavy atom. The maximum absolute atomic E-state index is 12.6. The van der Waals surface area contributed by atoms with Crippen LogP contribution in [0.15, 0.2) is 48.7 Å². The van der Waals surface area contributed by atoms with Crippen molar-refractivity contribution in [2.24, 2.45) is 0 Å². The summed E-state index contributed by atoms with van der Waals surface area (Å²) in [5.74, 6) is 0.483. The molecule has 0 unspecified atom stereocenters. The number of hydrogen-bond donors (Lipinski definition) is 1. The van der Waals surface area contributed by atoms with Crippen LogP contribution >= 0.6 is 0 Å². The van der Waals surface area contributed by atoms with Gasteiger partial charge in [0.25, 0.3) is 5.91 Å². The fraction of sp³-hybridized carbons (Fsp3) is 0.176. The zero-order valence-electron chi connectivity index (χ0n) is 12.5. The maximum Gasteiger partial charge on any atom is 0.274 e. The lowest BCUT2D eigenvalue weighted by atomic mass is 10.3. The Morgan fingerprint density at radius 1 is 1.23 bits per heavy atom. The number of pyridine rings is 1. The van der Waals surface area contributed by atoms with Crippen LogP contribution in [0.4, 0.5) is 5.69 Å². The highest BCUT2D eigenvalue weighted by Crippen LogP contribution is 2.22. The summed E-state index contributed by atoms with van der Waals surface area (Å²) < 4.78 is 7.33. The molecule has 1 aromatic carbocycles. The van der Waals surface area contributed by atoms with Crippen LogP contribution in [0.1, 0.15) is 23.1 Å². The fourth-order valence-corrected chi connectivity index (χ4v) is 2.41. The van der Waals surface area contributed by atoms with Crippen molar-refractivity contribution in [3.8, 4) is 5.75 Å². The van der Waals surface area contributed by atoms with Crippen LogP contribution in [0, 0.1) is 6.92 Å². The normalized spacial score (nSPS) is 10.6. The Balaban J connectivity index is 2.01. The highest BCUT2D eigenvalue weighted by Gasteiger charge is 2.18. The molecule has 2 aromatic heterocycles. The van der Waals surface area contributed by atoms with E-state index in [1.54, 1.807) is 4.40 Å². The third kappa shape index (κ3) is 2.53. The number of fused-ring (bicyclic) bond motifs is 1. The molecule has 22 heavy (non-hydrogen) atoms. The number of nitrogens with one attached hydrogen (secondary N) is 1. The van der Waals surface area contributed by atoms with Crippen molar-refractivity contribution in [2.45, 2.75) is 13.8 Å². The standard InChI is InChI=1S/C17H17N3O2/c1-3-22-14-10-7-11-20-15(12(2)18-16(14)20)17(21)19-13-8-5-4-6-9-13/h4-11H,3H2,1-2H3,(H,19,21). The van der Waals surface area contributed by atoms with Gasteiger partial charge in [-0.05, 0) is 38.1 Å². The topological polar surface area (TPSA) is 55.6 Å². The van der Waals surface area contributed by atoms with Crippen LogP contribution in [0.25, 0.3) is 5.65 Å². The highest BCUT2D eigenvalue weighted by atomic mass is 16.5. The van der Waals surface area contributed by atoms with Crippen LogP contribution in [0.3, 0.4) is 0 Å². The van der Waals surface area contributed by atoms with Gasteiger partial charge in [0.2, 0.25) is 0 Å². The van der Waals surface area contributed by atoms with Gasteiger partial charge in [0.1, 0.15) is 5.69 Å². The summed E-state index contributed by atoms with van der Waals surface area (Å²) in [5.41, 5.74) is 2.59. The van der Waals surface area contributed by atoms with E-state index in [2.05, 4.69) is 10.3 Å². The number of aromatic nitrogens is 2. The van der Waals surface area contributed by atoms with Crippen LogP contribution in [0.2, 0.25) is 0 Å². The van der Waals surface area contributed by atoms with E-state index in [9.17, 15) is 4.79 Å². The lowest BCUT2D eigenvalue weighted by Gasteiger charge is -2.07. The second kappa shape index (κ2) is 5.89. The minimum atomic E-state index is -0.190. The van der Waals surface area contributed by atoms with Gasteiger partial charge < -0.3 is 10.1 Å². The summed E-state index contributed by atoms with van der Waals surface area (Å²) in [4.78, 5) is 17.0. The molecule has 5 nitrogen and oxygen atoms in total. The SMILES string of the molecule is CCOc1cccn2c(C(=O)Nc3ccccc3)c(C)nc12. The molecule has 0 saturated heterocycles. The van der Waals surface area contributed by atoms with Crippen LogP contribution in [-0.2, 0) is 0 Å². The molecular weight excluding hydrogens is 278 g/mol. The van der Waals surface area contributed by atoms with Crippen molar-refractivity contribution < 1.29 is 9.53 Å². The predicted octanol–water partition coefficient (Wildman–Crippen LogP) is 3.29. The fourth-order valence-electron chi connectivity index (χ4n) is 2.41. The van der Waals surface area contributed by atoms with E-state index in [0.717, 1.165) is 5.69 Å². The number of carbonyl (C=O) groups excluding carboxylic acids is 1. The zero-order valence-corrected chi connectivity index (χ0v) is 12.5. The van der Waals surface area contributed by atoms with Gasteiger partial charge in [-0.2, -0.15) is 0 Å². The number of amides is 1. The molecule has 0 radical (unpaired) electrons. The van der Waals surface area contributed by atoms with Gasteiger partial charge in [-0.15, -0.1) is 0 Å². The van der Waals surface area contributed by atoms with Gasteiger partial charge in [-0.1, -0.05) is 18.2 Å². The Labute approximate surface area is 128 Å². The number of imidazole rings is 1. The summed E-state index contributed by atoms with van der Waals surface area (Å²) in [6, 6.07) is 13.1. The number of carbonyl (C=O) groups is 1. The average Bonchev–Trinajstić information content (AvgIpc) is 2.86. The second-order valence-electron chi connectivity index (χ2n) is 4.87. The smallest absolute Gasteiger partial charge is 0.274 e. The van der Waals surface area contributed by atoms with Crippen molar-refractivity contribution in [2.75, 3.05) is 11.9 Å². The van der Waals surface area contributed by atoms with Gasteiger partial charge >= 0.3 is 0 Å². The number of anilines is 1. The van der Waals surface area contributed by atoms with Gasteiger partial charge in [-0.25, -0.2) is 4.98 Å². The molecular formula is C17H17N3O2. The van der Waals surface area contributed by atoms with E-state index in [1.165, 1.54) is 0 Å². The van der Waals surface area contributed by atoms with Gasteiger partial charge in [0.15, 0.2) is 11.4 Å². The van der Waals surface area contributed by atoms with E-state index < -0.39 is 0 Å². The maximum atomic E-state index is 12.6. The Morgan fingerprint density at radius 3 is 2.73 bits per heavy atom. The van der Waals surface area contributed by atoms with E-state index in [-0.39, 0.29) is 5.91 Å². The Hall–Kier alpha value is -2.82. The number of nitrogens with zero attached hydrogens (tertiary/aromatic N) is 2. The van der Waals surface area contributed by atoms with Crippen LogP contribution < -0.4 is 10.1 Å². The summed E-state index contributed by atoms with van der Waals surface area (Å²) >= 11 is 0. The largest absolute Gasteiger partial charge is 0.490 e. The minimum absolute atomic E-state index is 0.190. The first-order valence-electron chi connectivity index (χ1n) is 7.17. The van der Waals surface area contributed by atoms with Gasteiger partial charge in [0, 0.05) is 11.9 Å². The number of aryl methyl sites for hydroxylation is 1. The summed E-state index contributed by atoms with van der Waals surface area (Å²) in [6.45, 7) is 4.29. The van der Waals surface area contributed by atoms with Crippen molar-refractivity contribution >= 4 is 17.2 Å². The molecule has 2 heterocycles. The monoisotopic (exact) mass is 295 g/mol. The molecule has 0 fully saturated rings.